The molecule has 0 spiro atoms. The molecule has 1 nitrogen and oxygen atoms in total. The van der Waals surface area contributed by atoms with Gasteiger partial charge in [-0.2, -0.15) is 0 Å². The van der Waals surface area contributed by atoms with E-state index in [1.165, 1.54) is 3.57 Å². The van der Waals surface area contributed by atoms with Crippen LogP contribution in [0, 0.1) is 3.57 Å². The predicted octanol–water partition coefficient (Wildman–Crippen LogP) is 3.95. The summed E-state index contributed by atoms with van der Waals surface area (Å²) in [6.07, 6.45) is 0.729. The van der Waals surface area contributed by atoms with E-state index >= 15 is 0 Å². The summed E-state index contributed by atoms with van der Waals surface area (Å²) in [6.45, 7) is 1.60. The van der Waals surface area contributed by atoms with Gasteiger partial charge in [-0.3, -0.25) is 4.79 Å². The fourth-order valence-corrected chi connectivity index (χ4v) is 2.83. The van der Waals surface area contributed by atoms with E-state index in [0.717, 1.165) is 16.5 Å². The van der Waals surface area contributed by atoms with Gasteiger partial charge >= 0.3 is 0 Å². The molecule has 0 bridgehead atoms. The molecule has 14 heavy (non-hydrogen) atoms. The van der Waals surface area contributed by atoms with Crippen LogP contribution >= 0.6 is 54.5 Å². The molecule has 1 aromatic rings. The van der Waals surface area contributed by atoms with E-state index in [4.69, 9.17) is 0 Å². The van der Waals surface area contributed by atoms with Gasteiger partial charge in [-0.1, -0.05) is 37.9 Å². The zero-order valence-corrected chi connectivity index (χ0v) is 12.9. The van der Waals surface area contributed by atoms with Crippen molar-refractivity contribution >= 4 is 60.2 Å². The SMILES string of the molecule is CC(=O)C(Br)Cc1ccc(I)cc1Br. The highest BCUT2D eigenvalue weighted by Crippen LogP contribution is 2.22. The van der Waals surface area contributed by atoms with Crippen LogP contribution < -0.4 is 0 Å². The molecule has 1 atom stereocenters. The first-order valence-corrected chi connectivity index (χ1v) is 6.88. The molecule has 0 saturated carbocycles. The molecular formula is C10H9Br2IO. The fourth-order valence-electron chi connectivity index (χ4n) is 1.02. The first kappa shape index (κ1) is 12.6. The molecule has 4 heteroatoms. The second-order valence-corrected chi connectivity index (χ2v) is 6.22. The molecule has 0 aliphatic heterocycles. The van der Waals surface area contributed by atoms with Crippen LogP contribution in [-0.2, 0) is 11.2 Å². The maximum absolute atomic E-state index is 11.1. The summed E-state index contributed by atoms with van der Waals surface area (Å²) >= 11 is 9.11. The van der Waals surface area contributed by atoms with Crippen molar-refractivity contribution in [1.82, 2.24) is 0 Å². The zero-order valence-electron chi connectivity index (χ0n) is 7.56. The summed E-state index contributed by atoms with van der Waals surface area (Å²) < 4.78 is 2.25. The van der Waals surface area contributed by atoms with Crippen LogP contribution in [0.5, 0.6) is 0 Å². The Morgan fingerprint density at radius 2 is 2.21 bits per heavy atom. The highest BCUT2D eigenvalue weighted by Gasteiger charge is 2.12. The smallest absolute Gasteiger partial charge is 0.143 e. The van der Waals surface area contributed by atoms with Crippen LogP contribution in [0.15, 0.2) is 22.7 Å². The maximum Gasteiger partial charge on any atom is 0.143 e. The van der Waals surface area contributed by atoms with Gasteiger partial charge in [-0.25, -0.2) is 0 Å². The van der Waals surface area contributed by atoms with Crippen molar-refractivity contribution in [2.75, 3.05) is 0 Å². The van der Waals surface area contributed by atoms with Crippen LogP contribution in [0.2, 0.25) is 0 Å². The minimum atomic E-state index is -0.0844. The largest absolute Gasteiger partial charge is 0.299 e. The number of ketones is 1. The normalized spacial score (nSPS) is 12.6. The Hall–Kier alpha value is 0.580. The number of halogens is 3. The molecule has 0 aliphatic carbocycles. The molecule has 0 saturated heterocycles. The molecule has 0 fully saturated rings. The molecule has 0 aliphatic rings. The lowest BCUT2D eigenvalue weighted by molar-refractivity contribution is -0.116. The van der Waals surface area contributed by atoms with Gasteiger partial charge in [0.15, 0.2) is 0 Å². The van der Waals surface area contributed by atoms with Gasteiger partial charge in [-0.05, 0) is 53.6 Å². The van der Waals surface area contributed by atoms with Gasteiger partial charge in [-0.15, -0.1) is 0 Å². The monoisotopic (exact) mass is 430 g/mol. The average molecular weight is 432 g/mol. The number of carbonyl (C=O) groups excluding carboxylic acids is 1. The summed E-state index contributed by atoms with van der Waals surface area (Å²) in [4.78, 5) is 11.0. The summed E-state index contributed by atoms with van der Waals surface area (Å²) in [5, 5.41) is 0. The number of Topliss-reactive ketones (excluding diaryl/α,β-unsaturated/α-hetero) is 1. The minimum Gasteiger partial charge on any atom is -0.299 e. The van der Waals surface area contributed by atoms with Crippen LogP contribution in [0.25, 0.3) is 0 Å². The Morgan fingerprint density at radius 3 is 2.71 bits per heavy atom. The first-order valence-electron chi connectivity index (χ1n) is 4.09. The lowest BCUT2D eigenvalue weighted by Gasteiger charge is -2.08. The summed E-state index contributed by atoms with van der Waals surface area (Å²) in [7, 11) is 0. The van der Waals surface area contributed by atoms with Gasteiger partial charge in [0.25, 0.3) is 0 Å². The number of benzene rings is 1. The van der Waals surface area contributed by atoms with Crippen molar-refractivity contribution in [3.05, 3.63) is 31.8 Å². The molecule has 0 heterocycles. The lowest BCUT2D eigenvalue weighted by Crippen LogP contribution is -2.12. The van der Waals surface area contributed by atoms with Gasteiger partial charge in [0, 0.05) is 8.04 Å². The summed E-state index contributed by atoms with van der Waals surface area (Å²) in [6, 6.07) is 6.14. The van der Waals surface area contributed by atoms with Crippen LogP contribution in [0.3, 0.4) is 0 Å². The molecule has 0 radical (unpaired) electrons. The van der Waals surface area contributed by atoms with Crippen molar-refractivity contribution in [2.45, 2.75) is 18.2 Å². The predicted molar refractivity (Wildman–Crippen MR) is 74.0 cm³/mol. The second kappa shape index (κ2) is 5.61. The van der Waals surface area contributed by atoms with Crippen molar-refractivity contribution in [1.29, 1.82) is 0 Å². The molecule has 1 unspecified atom stereocenters. The zero-order chi connectivity index (χ0) is 10.7. The molecule has 76 valence electrons. The molecule has 0 aromatic heterocycles. The van der Waals surface area contributed by atoms with Crippen molar-refractivity contribution in [3.8, 4) is 0 Å². The van der Waals surface area contributed by atoms with Crippen LogP contribution in [-0.4, -0.2) is 10.6 Å². The number of hydrogen-bond acceptors (Lipinski definition) is 1. The molecular weight excluding hydrogens is 423 g/mol. The van der Waals surface area contributed by atoms with Gasteiger partial charge in [0.2, 0.25) is 0 Å². The van der Waals surface area contributed by atoms with Crippen LogP contribution in [0.1, 0.15) is 12.5 Å². The highest BCUT2D eigenvalue weighted by atomic mass is 127. The Morgan fingerprint density at radius 1 is 1.57 bits per heavy atom. The van der Waals surface area contributed by atoms with Gasteiger partial charge in [0.1, 0.15) is 5.78 Å². The average Bonchev–Trinajstić information content (AvgIpc) is 2.09. The molecule has 0 amide bonds. The molecule has 0 N–H and O–H groups in total. The topological polar surface area (TPSA) is 17.1 Å². The lowest BCUT2D eigenvalue weighted by atomic mass is 10.1. The third-order valence-electron chi connectivity index (χ3n) is 1.86. The first-order chi connectivity index (χ1) is 6.50. The Balaban J connectivity index is 2.82. The third kappa shape index (κ3) is 3.62. The molecule has 1 aromatic carbocycles. The quantitative estimate of drug-likeness (QED) is 0.523. The van der Waals surface area contributed by atoms with Gasteiger partial charge < -0.3 is 0 Å². The van der Waals surface area contributed by atoms with E-state index in [0.29, 0.717) is 0 Å². The summed E-state index contributed by atoms with van der Waals surface area (Å²) in [5.41, 5.74) is 1.16. The standard InChI is InChI=1S/C10H9Br2IO/c1-6(14)9(11)4-7-2-3-8(13)5-10(7)12/h2-3,5,9H,4H2,1H3. The van der Waals surface area contributed by atoms with Crippen molar-refractivity contribution < 1.29 is 4.79 Å². The third-order valence-corrected chi connectivity index (χ3v) is 4.23. The number of rotatable bonds is 3. The Labute approximate surface area is 114 Å². The second-order valence-electron chi connectivity index (χ2n) is 3.02. The number of alkyl halides is 1. The van der Waals surface area contributed by atoms with Gasteiger partial charge in [0.05, 0.1) is 4.83 Å². The minimum absolute atomic E-state index is 0.0844. The van der Waals surface area contributed by atoms with Crippen LogP contribution in [0.4, 0.5) is 0 Å². The number of hydrogen-bond donors (Lipinski definition) is 0. The highest BCUT2D eigenvalue weighted by molar-refractivity contribution is 14.1. The maximum atomic E-state index is 11.1. The van der Waals surface area contributed by atoms with E-state index in [1.807, 2.05) is 12.1 Å². The van der Waals surface area contributed by atoms with E-state index in [1.54, 1.807) is 6.92 Å². The Kier molecular flexibility index (Phi) is 5.06. The van der Waals surface area contributed by atoms with E-state index < -0.39 is 0 Å². The fraction of sp³-hybridized carbons (Fsp3) is 0.300. The molecule has 1 rings (SSSR count). The van der Waals surface area contributed by atoms with E-state index in [-0.39, 0.29) is 10.6 Å². The van der Waals surface area contributed by atoms with E-state index in [2.05, 4.69) is 60.5 Å². The van der Waals surface area contributed by atoms with Crippen molar-refractivity contribution in [3.63, 3.8) is 0 Å². The Bertz CT molecular complexity index is 352. The number of carbonyl (C=O) groups is 1. The van der Waals surface area contributed by atoms with E-state index in [9.17, 15) is 4.79 Å². The van der Waals surface area contributed by atoms with Crippen molar-refractivity contribution in [2.24, 2.45) is 0 Å². The summed E-state index contributed by atoms with van der Waals surface area (Å²) in [5.74, 6) is 0.162.